The van der Waals surface area contributed by atoms with Crippen LogP contribution in [0, 0.1) is 23.0 Å². The van der Waals surface area contributed by atoms with E-state index in [0.717, 1.165) is 12.8 Å². The van der Waals surface area contributed by atoms with Crippen LogP contribution >= 0.6 is 11.3 Å². The maximum atomic E-state index is 15.5. The van der Waals surface area contributed by atoms with Crippen LogP contribution in [0.5, 0.6) is 0 Å². The number of nitrogens with one attached hydrogen (secondary N) is 1. The van der Waals surface area contributed by atoms with Crippen molar-refractivity contribution >= 4 is 22.9 Å². The molecule has 3 heterocycles. The zero-order valence-corrected chi connectivity index (χ0v) is 21.3. The van der Waals surface area contributed by atoms with Gasteiger partial charge in [0.1, 0.15) is 17.7 Å². The largest absolute Gasteiger partial charge is 0.391 e. The molecule has 0 spiro atoms. The fraction of sp³-hybridized carbons (Fsp3) is 0.357. The van der Waals surface area contributed by atoms with Crippen molar-refractivity contribution in [1.82, 2.24) is 10.2 Å². The van der Waals surface area contributed by atoms with Crippen LogP contribution in [-0.4, -0.2) is 61.3 Å². The monoisotopic (exact) mass is 522 g/mol. The van der Waals surface area contributed by atoms with E-state index in [-0.39, 0.29) is 17.5 Å². The summed E-state index contributed by atoms with van der Waals surface area (Å²) >= 11 is 1.19. The van der Waals surface area contributed by atoms with Gasteiger partial charge in [0.2, 0.25) is 0 Å². The molecule has 5 rings (SSSR count). The highest BCUT2D eigenvalue weighted by Gasteiger charge is 2.28. The Morgan fingerprint density at radius 1 is 1.08 bits per heavy atom. The second kappa shape index (κ2) is 10.6. The Bertz CT molecular complexity index is 1370. The number of likely N-dealkylation sites (N-methyl/N-ethyl adjacent to an activating group) is 1. The first-order valence-electron chi connectivity index (χ1n) is 12.4. The van der Waals surface area contributed by atoms with E-state index in [4.69, 9.17) is 5.26 Å². The van der Waals surface area contributed by atoms with Crippen LogP contribution in [0.25, 0.3) is 21.6 Å². The summed E-state index contributed by atoms with van der Waals surface area (Å²) in [5.41, 5.74) is 1.94. The highest BCUT2D eigenvalue weighted by Crippen LogP contribution is 2.42. The van der Waals surface area contributed by atoms with E-state index in [1.807, 2.05) is 29.0 Å². The van der Waals surface area contributed by atoms with Crippen molar-refractivity contribution in [2.45, 2.75) is 31.4 Å². The fourth-order valence-corrected chi connectivity index (χ4v) is 6.27. The Balaban J connectivity index is 1.56. The molecule has 2 unspecified atom stereocenters. The van der Waals surface area contributed by atoms with E-state index in [0.29, 0.717) is 64.7 Å². The number of hydrogen-bond acceptors (Lipinski definition) is 6. The lowest BCUT2D eigenvalue weighted by Gasteiger charge is -2.32. The number of likely N-dealkylation sites (tertiary alicyclic amines) is 1. The predicted molar refractivity (Wildman–Crippen MR) is 141 cm³/mol. The van der Waals surface area contributed by atoms with Crippen molar-refractivity contribution in [1.29, 1.82) is 5.26 Å². The molecule has 6 nitrogen and oxygen atoms in total. The van der Waals surface area contributed by atoms with Crippen molar-refractivity contribution in [3.05, 3.63) is 64.5 Å². The molecular weight excluding hydrogens is 494 g/mol. The molecule has 2 N–H and O–H groups in total. The lowest BCUT2D eigenvalue weighted by atomic mass is 10.00. The SMILES string of the molecule is CNC1CCCN(C(=O)c2cc(-c3ccc(C#N)c(F)c3)c(-c3ccc(N4CCC(O)C4)cc3F)s2)C1. The van der Waals surface area contributed by atoms with Gasteiger partial charge in [-0.25, -0.2) is 8.78 Å². The first kappa shape index (κ1) is 25.3. The molecule has 2 aliphatic rings. The Hall–Kier alpha value is -3.32. The molecule has 192 valence electrons. The van der Waals surface area contributed by atoms with Crippen LogP contribution in [0.2, 0.25) is 0 Å². The summed E-state index contributed by atoms with van der Waals surface area (Å²) in [5, 5.41) is 22.2. The summed E-state index contributed by atoms with van der Waals surface area (Å²) in [6, 6.07) is 13.0. The molecule has 2 atom stereocenters. The third-order valence-corrected chi connectivity index (χ3v) is 8.34. The molecule has 37 heavy (non-hydrogen) atoms. The molecule has 0 aliphatic carbocycles. The van der Waals surface area contributed by atoms with Crippen LogP contribution in [0.4, 0.5) is 14.5 Å². The molecule has 1 aromatic heterocycles. The van der Waals surface area contributed by atoms with Gasteiger partial charge in [0.15, 0.2) is 0 Å². The molecule has 2 aliphatic heterocycles. The Labute approximate surface area is 218 Å². The van der Waals surface area contributed by atoms with Crippen molar-refractivity contribution in [3.63, 3.8) is 0 Å². The molecule has 2 fully saturated rings. The molecule has 1 amide bonds. The highest BCUT2D eigenvalue weighted by atomic mass is 32.1. The fourth-order valence-electron chi connectivity index (χ4n) is 5.10. The van der Waals surface area contributed by atoms with Gasteiger partial charge >= 0.3 is 0 Å². The third kappa shape index (κ3) is 5.10. The average molecular weight is 523 g/mol. The lowest BCUT2D eigenvalue weighted by molar-refractivity contribution is 0.0703. The Kier molecular flexibility index (Phi) is 7.24. The van der Waals surface area contributed by atoms with Gasteiger partial charge in [-0.05, 0) is 68.3 Å². The number of anilines is 1. The van der Waals surface area contributed by atoms with Gasteiger partial charge in [-0.3, -0.25) is 4.79 Å². The number of hydrogen-bond donors (Lipinski definition) is 2. The van der Waals surface area contributed by atoms with Crippen LogP contribution in [-0.2, 0) is 0 Å². The summed E-state index contributed by atoms with van der Waals surface area (Å²) < 4.78 is 30.1. The average Bonchev–Trinajstić information content (AvgIpc) is 3.55. The minimum absolute atomic E-state index is 0.0772. The van der Waals surface area contributed by atoms with E-state index < -0.39 is 17.7 Å². The van der Waals surface area contributed by atoms with Gasteiger partial charge in [-0.1, -0.05) is 6.07 Å². The molecule has 0 saturated carbocycles. The first-order chi connectivity index (χ1) is 17.9. The van der Waals surface area contributed by atoms with E-state index in [2.05, 4.69) is 5.32 Å². The number of aliphatic hydroxyl groups excluding tert-OH is 1. The number of benzene rings is 2. The van der Waals surface area contributed by atoms with E-state index in [1.165, 1.54) is 29.5 Å². The quantitative estimate of drug-likeness (QED) is 0.511. The smallest absolute Gasteiger partial charge is 0.264 e. The minimum Gasteiger partial charge on any atom is -0.391 e. The van der Waals surface area contributed by atoms with Crippen molar-refractivity contribution < 1.29 is 18.7 Å². The molecule has 0 bridgehead atoms. The topological polar surface area (TPSA) is 79.6 Å². The number of amides is 1. The van der Waals surface area contributed by atoms with E-state index in [1.54, 1.807) is 18.2 Å². The molecule has 9 heteroatoms. The molecule has 2 aromatic carbocycles. The summed E-state index contributed by atoms with van der Waals surface area (Å²) in [4.78, 5) is 18.2. The highest BCUT2D eigenvalue weighted by molar-refractivity contribution is 7.18. The first-order valence-corrected chi connectivity index (χ1v) is 13.2. The summed E-state index contributed by atoms with van der Waals surface area (Å²) in [5.74, 6) is -1.25. The Morgan fingerprint density at radius 3 is 2.59 bits per heavy atom. The molecular formula is C28H28F2N4O2S. The third-order valence-electron chi connectivity index (χ3n) is 7.19. The second-order valence-corrected chi connectivity index (χ2v) is 10.6. The van der Waals surface area contributed by atoms with Gasteiger partial charge in [0.25, 0.3) is 5.91 Å². The number of halogens is 2. The number of carbonyl (C=O) groups is 1. The number of nitrogens with zero attached hydrogens (tertiary/aromatic N) is 3. The second-order valence-electron chi connectivity index (χ2n) is 9.59. The minimum atomic E-state index is -0.665. The predicted octanol–water partition coefficient (Wildman–Crippen LogP) is 4.63. The van der Waals surface area contributed by atoms with E-state index >= 15 is 4.39 Å². The van der Waals surface area contributed by atoms with Crippen LogP contribution in [0.3, 0.4) is 0 Å². The number of aliphatic hydroxyl groups is 1. The van der Waals surface area contributed by atoms with Gasteiger partial charge < -0.3 is 20.2 Å². The van der Waals surface area contributed by atoms with Gasteiger partial charge in [-0.2, -0.15) is 5.26 Å². The summed E-state index contributed by atoms with van der Waals surface area (Å²) in [7, 11) is 1.88. The number of thiophene rings is 1. The normalized spacial score (nSPS) is 19.8. The Morgan fingerprint density at radius 2 is 1.92 bits per heavy atom. The zero-order valence-electron chi connectivity index (χ0n) is 20.5. The number of carbonyl (C=O) groups excluding carboxylic acids is 1. The van der Waals surface area contributed by atoms with Gasteiger partial charge in [0.05, 0.1) is 16.5 Å². The maximum Gasteiger partial charge on any atom is 0.264 e. The standard InChI is InChI=1S/C28H28F2N4O2S/c1-32-19-3-2-9-34(15-19)28(36)26-13-23(17-4-5-18(14-31)24(29)11-17)27(37-26)22-7-6-20(12-25(22)30)33-10-8-21(35)16-33/h4-7,11-13,19,21,32,35H,2-3,8-10,15-16H2,1H3. The summed E-state index contributed by atoms with van der Waals surface area (Å²) in [6.07, 6.45) is 2.10. The summed E-state index contributed by atoms with van der Waals surface area (Å²) in [6.45, 7) is 2.34. The lowest BCUT2D eigenvalue weighted by Crippen LogP contribution is -2.46. The van der Waals surface area contributed by atoms with Crippen molar-refractivity contribution in [2.75, 3.05) is 38.1 Å². The number of nitriles is 1. The molecule has 3 aromatic rings. The van der Waals surface area contributed by atoms with Gasteiger partial charge in [0, 0.05) is 53.9 Å². The number of rotatable bonds is 5. The van der Waals surface area contributed by atoms with Crippen LogP contribution in [0.15, 0.2) is 42.5 Å². The van der Waals surface area contributed by atoms with Gasteiger partial charge in [-0.15, -0.1) is 11.3 Å². The van der Waals surface area contributed by atoms with Crippen molar-refractivity contribution in [2.24, 2.45) is 0 Å². The molecule has 2 saturated heterocycles. The molecule has 0 radical (unpaired) electrons. The van der Waals surface area contributed by atoms with Crippen LogP contribution < -0.4 is 10.2 Å². The van der Waals surface area contributed by atoms with Crippen LogP contribution in [0.1, 0.15) is 34.5 Å². The van der Waals surface area contributed by atoms with E-state index in [9.17, 15) is 14.3 Å². The number of β-amino-alcohol motifs (C(OH)–C–C–N with tert-alkyl or cyclic N) is 1. The zero-order chi connectivity index (χ0) is 26.1. The number of piperidine rings is 1. The van der Waals surface area contributed by atoms with Crippen molar-refractivity contribution in [3.8, 4) is 27.6 Å². The maximum absolute atomic E-state index is 15.5.